The Hall–Kier alpha value is -1.06. The Balaban J connectivity index is 1.79. The normalized spacial score (nSPS) is 26.0. The van der Waals surface area contributed by atoms with Gasteiger partial charge in [0.25, 0.3) is 0 Å². The predicted molar refractivity (Wildman–Crippen MR) is 68.1 cm³/mol. The van der Waals surface area contributed by atoms with Crippen LogP contribution in [0.2, 0.25) is 0 Å². The number of nitrogens with zero attached hydrogens (tertiary/aromatic N) is 1. The van der Waals surface area contributed by atoms with Gasteiger partial charge < -0.3 is 10.0 Å². The molecule has 1 aliphatic heterocycles. The van der Waals surface area contributed by atoms with Crippen molar-refractivity contribution >= 4 is 11.9 Å². The smallest absolute Gasteiger partial charge is 0.308 e. The summed E-state index contributed by atoms with van der Waals surface area (Å²) in [5.41, 5.74) is 0. The molecule has 1 saturated heterocycles. The maximum absolute atomic E-state index is 12.1. The van der Waals surface area contributed by atoms with E-state index in [4.69, 9.17) is 5.11 Å². The van der Waals surface area contributed by atoms with Crippen molar-refractivity contribution in [2.75, 3.05) is 13.1 Å². The summed E-state index contributed by atoms with van der Waals surface area (Å²) in [5.74, 6) is -0.405. The fraction of sp³-hybridized carbons (Fsp3) is 0.857. The van der Waals surface area contributed by atoms with Gasteiger partial charge in [0, 0.05) is 19.5 Å². The zero-order chi connectivity index (χ0) is 13.0. The maximum Gasteiger partial charge on any atom is 0.308 e. The van der Waals surface area contributed by atoms with Gasteiger partial charge in [-0.05, 0) is 25.2 Å². The molecule has 4 heteroatoms. The van der Waals surface area contributed by atoms with Crippen molar-refractivity contribution in [3.63, 3.8) is 0 Å². The summed E-state index contributed by atoms with van der Waals surface area (Å²) in [4.78, 5) is 24.7. The van der Waals surface area contributed by atoms with Crippen LogP contribution in [0.25, 0.3) is 0 Å². The Labute approximate surface area is 108 Å². The number of likely N-dealkylation sites (tertiary alicyclic amines) is 1. The lowest BCUT2D eigenvalue weighted by Crippen LogP contribution is -2.31. The van der Waals surface area contributed by atoms with Crippen molar-refractivity contribution in [2.45, 2.75) is 51.4 Å². The number of rotatable bonds is 3. The van der Waals surface area contributed by atoms with Crippen LogP contribution in [-0.2, 0) is 9.59 Å². The molecule has 4 nitrogen and oxygen atoms in total. The Bertz CT molecular complexity index is 308. The number of hydrogen-bond acceptors (Lipinski definition) is 2. The molecule has 0 spiro atoms. The molecule has 1 atom stereocenters. The number of carboxylic acid groups (broad SMARTS) is 1. The molecule has 1 unspecified atom stereocenters. The first kappa shape index (κ1) is 13.4. The van der Waals surface area contributed by atoms with Gasteiger partial charge in [-0.15, -0.1) is 0 Å². The highest BCUT2D eigenvalue weighted by molar-refractivity contribution is 5.78. The van der Waals surface area contributed by atoms with Crippen molar-refractivity contribution in [3.05, 3.63) is 0 Å². The third-order valence-corrected chi connectivity index (χ3v) is 4.33. The van der Waals surface area contributed by atoms with Crippen molar-refractivity contribution in [3.8, 4) is 0 Å². The molecular weight excluding hydrogens is 230 g/mol. The molecule has 0 aromatic rings. The Morgan fingerprint density at radius 2 is 1.72 bits per heavy atom. The van der Waals surface area contributed by atoms with Gasteiger partial charge in [0.1, 0.15) is 0 Å². The van der Waals surface area contributed by atoms with E-state index < -0.39 is 5.97 Å². The van der Waals surface area contributed by atoms with Crippen LogP contribution >= 0.6 is 0 Å². The molecule has 102 valence electrons. The second-order valence-electron chi connectivity index (χ2n) is 5.73. The van der Waals surface area contributed by atoms with Crippen LogP contribution in [0, 0.1) is 11.8 Å². The maximum atomic E-state index is 12.1. The van der Waals surface area contributed by atoms with Gasteiger partial charge in [0.05, 0.1) is 5.92 Å². The summed E-state index contributed by atoms with van der Waals surface area (Å²) in [6.45, 7) is 1.05. The van der Waals surface area contributed by atoms with Crippen LogP contribution < -0.4 is 0 Å². The molecule has 2 rings (SSSR count). The third kappa shape index (κ3) is 3.47. The van der Waals surface area contributed by atoms with Gasteiger partial charge in [-0.2, -0.15) is 0 Å². The average molecular weight is 253 g/mol. The first-order valence-electron chi connectivity index (χ1n) is 7.17. The fourth-order valence-electron chi connectivity index (χ4n) is 3.13. The number of aliphatic carboxylic acids is 1. The van der Waals surface area contributed by atoms with Crippen LogP contribution in [-0.4, -0.2) is 35.0 Å². The zero-order valence-corrected chi connectivity index (χ0v) is 10.9. The van der Waals surface area contributed by atoms with E-state index in [9.17, 15) is 9.59 Å². The molecule has 1 amide bonds. The molecule has 1 heterocycles. The first-order valence-corrected chi connectivity index (χ1v) is 7.17. The Morgan fingerprint density at radius 1 is 1.06 bits per heavy atom. The largest absolute Gasteiger partial charge is 0.481 e. The first-order chi connectivity index (χ1) is 8.66. The van der Waals surface area contributed by atoms with Crippen molar-refractivity contribution in [1.82, 2.24) is 4.90 Å². The van der Waals surface area contributed by atoms with E-state index in [2.05, 4.69) is 0 Å². The van der Waals surface area contributed by atoms with Crippen LogP contribution in [0.4, 0.5) is 0 Å². The molecule has 18 heavy (non-hydrogen) atoms. The average Bonchev–Trinajstić information content (AvgIpc) is 2.70. The summed E-state index contributed by atoms with van der Waals surface area (Å²) in [6, 6.07) is 0. The van der Waals surface area contributed by atoms with E-state index in [1.54, 1.807) is 4.90 Å². The molecular formula is C14H23NO3. The number of carbonyl (C=O) groups is 2. The van der Waals surface area contributed by atoms with Gasteiger partial charge in [-0.3, -0.25) is 9.59 Å². The highest BCUT2D eigenvalue weighted by atomic mass is 16.4. The second kappa shape index (κ2) is 6.21. The molecule has 0 aromatic heterocycles. The highest BCUT2D eigenvalue weighted by Crippen LogP contribution is 2.27. The minimum Gasteiger partial charge on any atom is -0.481 e. The van der Waals surface area contributed by atoms with Gasteiger partial charge >= 0.3 is 5.97 Å². The minimum atomic E-state index is -0.764. The predicted octanol–water partition coefficient (Wildman–Crippen LogP) is 2.28. The van der Waals surface area contributed by atoms with E-state index in [0.717, 1.165) is 0 Å². The molecule has 2 aliphatic rings. The topological polar surface area (TPSA) is 57.6 Å². The monoisotopic (exact) mass is 253 g/mol. The van der Waals surface area contributed by atoms with Crippen LogP contribution in [0.1, 0.15) is 51.4 Å². The molecule has 1 saturated carbocycles. The molecule has 0 radical (unpaired) electrons. The van der Waals surface area contributed by atoms with E-state index in [1.165, 1.54) is 38.5 Å². The van der Waals surface area contributed by atoms with Crippen molar-refractivity contribution in [1.29, 1.82) is 0 Å². The summed E-state index contributed by atoms with van der Waals surface area (Å²) in [6.07, 6.45) is 8.68. The van der Waals surface area contributed by atoms with E-state index in [0.29, 0.717) is 31.8 Å². The minimum absolute atomic E-state index is 0.172. The standard InChI is InChI=1S/C14H23NO3/c16-13(9-11-5-3-1-2-4-6-11)15-8-7-12(10-15)14(17)18/h11-12H,1-10H2,(H,17,18). The molecule has 0 aromatic carbocycles. The number of amides is 1. The van der Waals surface area contributed by atoms with E-state index in [-0.39, 0.29) is 11.8 Å². The number of carboxylic acids is 1. The number of hydrogen-bond donors (Lipinski definition) is 1. The summed E-state index contributed by atoms with van der Waals surface area (Å²) < 4.78 is 0. The van der Waals surface area contributed by atoms with Gasteiger partial charge in [-0.25, -0.2) is 0 Å². The molecule has 1 N–H and O–H groups in total. The zero-order valence-electron chi connectivity index (χ0n) is 10.9. The van der Waals surface area contributed by atoms with E-state index in [1.807, 2.05) is 0 Å². The van der Waals surface area contributed by atoms with Crippen molar-refractivity contribution in [2.24, 2.45) is 11.8 Å². The molecule has 1 aliphatic carbocycles. The molecule has 0 bridgehead atoms. The third-order valence-electron chi connectivity index (χ3n) is 4.33. The summed E-state index contributed by atoms with van der Waals surface area (Å²) >= 11 is 0. The van der Waals surface area contributed by atoms with Crippen LogP contribution in [0.5, 0.6) is 0 Å². The summed E-state index contributed by atoms with van der Waals surface area (Å²) in [7, 11) is 0. The van der Waals surface area contributed by atoms with Gasteiger partial charge in [0.2, 0.25) is 5.91 Å². The van der Waals surface area contributed by atoms with Gasteiger partial charge in [0.15, 0.2) is 0 Å². The lowest BCUT2D eigenvalue weighted by atomic mass is 9.96. The second-order valence-corrected chi connectivity index (χ2v) is 5.73. The van der Waals surface area contributed by atoms with Crippen LogP contribution in [0.15, 0.2) is 0 Å². The lowest BCUT2D eigenvalue weighted by Gasteiger charge is -2.20. The molecule has 2 fully saturated rings. The van der Waals surface area contributed by atoms with E-state index >= 15 is 0 Å². The summed E-state index contributed by atoms with van der Waals surface area (Å²) in [5, 5.41) is 8.93. The lowest BCUT2D eigenvalue weighted by molar-refractivity contribution is -0.141. The fourth-order valence-corrected chi connectivity index (χ4v) is 3.13. The van der Waals surface area contributed by atoms with Gasteiger partial charge in [-0.1, -0.05) is 25.7 Å². The quantitative estimate of drug-likeness (QED) is 0.785. The number of carbonyl (C=O) groups excluding carboxylic acids is 1. The Morgan fingerprint density at radius 3 is 2.28 bits per heavy atom. The van der Waals surface area contributed by atoms with Crippen LogP contribution in [0.3, 0.4) is 0 Å². The highest BCUT2D eigenvalue weighted by Gasteiger charge is 2.31. The Kier molecular flexibility index (Phi) is 4.61. The SMILES string of the molecule is O=C(O)C1CCN(C(=O)CC2CCCCCC2)C1. The van der Waals surface area contributed by atoms with Crippen molar-refractivity contribution < 1.29 is 14.7 Å².